The molecule has 0 fully saturated rings. The first kappa shape index (κ1) is 7.98. The summed E-state index contributed by atoms with van der Waals surface area (Å²) in [5, 5.41) is 0. The maximum absolute atomic E-state index is 10.3. The zero-order valence-electron chi connectivity index (χ0n) is 7.06. The van der Waals surface area contributed by atoms with Crippen LogP contribution in [-0.4, -0.2) is 19.1 Å². The molecule has 66 valence electrons. The van der Waals surface area contributed by atoms with Gasteiger partial charge in [0.1, 0.15) is 24.3 Å². The van der Waals surface area contributed by atoms with Gasteiger partial charge in [-0.2, -0.15) is 0 Å². The van der Waals surface area contributed by atoms with Crippen LogP contribution in [-0.2, 0) is 11.2 Å². The van der Waals surface area contributed by atoms with Crippen LogP contribution in [0.15, 0.2) is 23.2 Å². The molecule has 1 aliphatic rings. The zero-order valence-corrected chi connectivity index (χ0v) is 7.06. The van der Waals surface area contributed by atoms with Crippen molar-refractivity contribution in [3.05, 3.63) is 23.8 Å². The van der Waals surface area contributed by atoms with Crippen molar-refractivity contribution in [2.24, 2.45) is 4.99 Å². The molecule has 0 saturated heterocycles. The molecule has 1 aliphatic heterocycles. The van der Waals surface area contributed by atoms with E-state index in [4.69, 9.17) is 4.74 Å². The minimum absolute atomic E-state index is 0.433. The van der Waals surface area contributed by atoms with Crippen LogP contribution in [0.25, 0.3) is 0 Å². The molecule has 0 atom stereocenters. The fourth-order valence-corrected chi connectivity index (χ4v) is 1.27. The van der Waals surface area contributed by atoms with E-state index < -0.39 is 0 Å². The van der Waals surface area contributed by atoms with Gasteiger partial charge in [-0.05, 0) is 17.7 Å². The Hall–Kier alpha value is -1.64. The van der Waals surface area contributed by atoms with Crippen LogP contribution >= 0.6 is 0 Å². The predicted molar refractivity (Wildman–Crippen MR) is 49.9 cm³/mol. The minimum atomic E-state index is 0.433. The molecular weight excluding hydrogens is 166 g/mol. The normalized spacial score (nSPS) is 13.2. The van der Waals surface area contributed by atoms with Gasteiger partial charge in [-0.25, -0.2) is 0 Å². The quantitative estimate of drug-likeness (QED) is 0.639. The second-order valence-corrected chi connectivity index (χ2v) is 2.80. The highest BCUT2D eigenvalue weighted by Crippen LogP contribution is 2.30. The summed E-state index contributed by atoms with van der Waals surface area (Å²) in [5.74, 6) is 0.789. The first-order chi connectivity index (χ1) is 6.40. The molecule has 0 saturated carbocycles. The number of hydrogen-bond donors (Lipinski definition) is 0. The molecule has 0 bridgehead atoms. The Morgan fingerprint density at radius 2 is 2.46 bits per heavy atom. The smallest absolute Gasteiger partial charge is 0.145 e. The van der Waals surface area contributed by atoms with Crippen LogP contribution in [0.5, 0.6) is 5.75 Å². The summed E-state index contributed by atoms with van der Waals surface area (Å²) >= 11 is 0. The maximum Gasteiger partial charge on any atom is 0.145 e. The lowest BCUT2D eigenvalue weighted by Crippen LogP contribution is -2.02. The summed E-state index contributed by atoms with van der Waals surface area (Å²) in [7, 11) is 0. The highest BCUT2D eigenvalue weighted by atomic mass is 16.5. The van der Waals surface area contributed by atoms with Crippen molar-refractivity contribution in [1.29, 1.82) is 0 Å². The number of carbonyl (C=O) groups is 1. The van der Waals surface area contributed by atoms with Gasteiger partial charge < -0.3 is 9.53 Å². The first-order valence-electron chi connectivity index (χ1n) is 4.12. The molecule has 3 nitrogen and oxygen atoms in total. The van der Waals surface area contributed by atoms with E-state index in [0.29, 0.717) is 13.0 Å². The molecule has 2 rings (SSSR count). The fraction of sp³-hybridized carbons (Fsp3) is 0.200. The number of aliphatic imine (C=N–C) groups is 1. The standard InChI is InChI=1S/C10H9NO2/c12-5-3-8-1-2-10-9(7-8)11-4-6-13-10/h1-2,4-5,7H,3,6H2. The summed E-state index contributed by atoms with van der Waals surface area (Å²) in [6, 6.07) is 5.61. The third kappa shape index (κ3) is 1.59. The lowest BCUT2D eigenvalue weighted by Gasteiger charge is -2.11. The number of rotatable bonds is 2. The highest BCUT2D eigenvalue weighted by Gasteiger charge is 2.06. The zero-order chi connectivity index (χ0) is 9.10. The van der Waals surface area contributed by atoms with E-state index in [9.17, 15) is 4.79 Å². The van der Waals surface area contributed by atoms with Crippen LogP contribution < -0.4 is 4.74 Å². The van der Waals surface area contributed by atoms with Gasteiger partial charge >= 0.3 is 0 Å². The number of fused-ring (bicyclic) bond motifs is 1. The van der Waals surface area contributed by atoms with Gasteiger partial charge in [0.2, 0.25) is 0 Å². The van der Waals surface area contributed by atoms with Crippen molar-refractivity contribution < 1.29 is 9.53 Å². The third-order valence-corrected chi connectivity index (χ3v) is 1.89. The Morgan fingerprint density at radius 3 is 3.31 bits per heavy atom. The van der Waals surface area contributed by atoms with E-state index >= 15 is 0 Å². The van der Waals surface area contributed by atoms with E-state index in [2.05, 4.69) is 4.99 Å². The van der Waals surface area contributed by atoms with E-state index in [0.717, 1.165) is 23.3 Å². The topological polar surface area (TPSA) is 38.7 Å². The molecular formula is C10H9NO2. The molecule has 0 spiro atoms. The van der Waals surface area contributed by atoms with Crippen molar-refractivity contribution in [2.45, 2.75) is 6.42 Å². The summed E-state index contributed by atoms with van der Waals surface area (Å²) in [6.07, 6.45) is 3.03. The summed E-state index contributed by atoms with van der Waals surface area (Å²) in [5.41, 5.74) is 1.78. The van der Waals surface area contributed by atoms with E-state index in [-0.39, 0.29) is 0 Å². The van der Waals surface area contributed by atoms with Gasteiger partial charge in [-0.3, -0.25) is 4.99 Å². The number of carbonyl (C=O) groups excluding carboxylic acids is 1. The number of ether oxygens (including phenoxy) is 1. The summed E-state index contributed by atoms with van der Waals surface area (Å²) in [4.78, 5) is 14.4. The molecule has 1 aromatic rings. The number of hydrogen-bond acceptors (Lipinski definition) is 3. The van der Waals surface area contributed by atoms with Gasteiger partial charge in [0.25, 0.3) is 0 Å². The van der Waals surface area contributed by atoms with Crippen molar-refractivity contribution in [1.82, 2.24) is 0 Å². The van der Waals surface area contributed by atoms with Crippen LogP contribution in [0.3, 0.4) is 0 Å². The Balaban J connectivity index is 2.36. The lowest BCUT2D eigenvalue weighted by molar-refractivity contribution is -0.107. The molecule has 13 heavy (non-hydrogen) atoms. The number of nitrogens with zero attached hydrogens (tertiary/aromatic N) is 1. The molecule has 0 amide bonds. The SMILES string of the molecule is O=CCc1ccc2c(c1)N=CCO2. The van der Waals surface area contributed by atoms with Gasteiger partial charge in [-0.15, -0.1) is 0 Å². The van der Waals surface area contributed by atoms with Crippen LogP contribution in [0.4, 0.5) is 5.69 Å². The van der Waals surface area contributed by atoms with Crippen LogP contribution in [0, 0.1) is 0 Å². The molecule has 0 aromatic heterocycles. The second-order valence-electron chi connectivity index (χ2n) is 2.80. The van der Waals surface area contributed by atoms with Crippen molar-refractivity contribution in [3.8, 4) is 5.75 Å². The fourth-order valence-electron chi connectivity index (χ4n) is 1.27. The Kier molecular flexibility index (Phi) is 2.08. The molecule has 0 aliphatic carbocycles. The Morgan fingerprint density at radius 1 is 1.54 bits per heavy atom. The van der Waals surface area contributed by atoms with Crippen LogP contribution in [0.2, 0.25) is 0 Å². The minimum Gasteiger partial charge on any atom is -0.486 e. The van der Waals surface area contributed by atoms with E-state index in [1.807, 2.05) is 18.2 Å². The van der Waals surface area contributed by atoms with Gasteiger partial charge in [0, 0.05) is 12.6 Å². The van der Waals surface area contributed by atoms with Crippen molar-refractivity contribution in [2.75, 3.05) is 6.61 Å². The van der Waals surface area contributed by atoms with Crippen LogP contribution in [0.1, 0.15) is 5.56 Å². The molecule has 3 heteroatoms. The highest BCUT2D eigenvalue weighted by molar-refractivity contribution is 5.71. The molecule has 1 heterocycles. The average Bonchev–Trinajstić information content (AvgIpc) is 2.18. The molecule has 0 N–H and O–H groups in total. The third-order valence-electron chi connectivity index (χ3n) is 1.89. The lowest BCUT2D eigenvalue weighted by atomic mass is 10.1. The average molecular weight is 175 g/mol. The van der Waals surface area contributed by atoms with Gasteiger partial charge in [0.15, 0.2) is 0 Å². The summed E-state index contributed by atoms with van der Waals surface area (Å²) < 4.78 is 5.32. The van der Waals surface area contributed by atoms with Crippen molar-refractivity contribution >= 4 is 18.2 Å². The molecule has 0 radical (unpaired) electrons. The Bertz CT molecular complexity index is 358. The molecule has 1 aromatic carbocycles. The Labute approximate surface area is 76.1 Å². The van der Waals surface area contributed by atoms with E-state index in [1.54, 1.807) is 6.21 Å². The first-order valence-corrected chi connectivity index (χ1v) is 4.12. The predicted octanol–water partition coefficient (Wildman–Crippen LogP) is 1.52. The maximum atomic E-state index is 10.3. The second kappa shape index (κ2) is 3.39. The van der Waals surface area contributed by atoms with Crippen molar-refractivity contribution in [3.63, 3.8) is 0 Å². The monoisotopic (exact) mass is 175 g/mol. The van der Waals surface area contributed by atoms with Gasteiger partial charge in [0.05, 0.1) is 0 Å². The number of benzene rings is 1. The van der Waals surface area contributed by atoms with E-state index in [1.165, 1.54) is 0 Å². The van der Waals surface area contributed by atoms with Gasteiger partial charge in [-0.1, -0.05) is 6.07 Å². The largest absolute Gasteiger partial charge is 0.486 e. The number of aldehydes is 1. The molecule has 0 unspecified atom stereocenters. The summed E-state index contributed by atoms with van der Waals surface area (Å²) in [6.45, 7) is 0.528.